The first-order valence-corrected chi connectivity index (χ1v) is 6.81. The first kappa shape index (κ1) is 15.8. The maximum absolute atomic E-state index is 11.7. The van der Waals surface area contributed by atoms with Gasteiger partial charge in [-0.2, -0.15) is 0 Å². The first-order chi connectivity index (χ1) is 8.91. The summed E-state index contributed by atoms with van der Waals surface area (Å²) in [6.07, 6.45) is 3.36. The van der Waals surface area contributed by atoms with Crippen LogP contribution >= 0.6 is 0 Å². The summed E-state index contributed by atoms with van der Waals surface area (Å²) in [6, 6.07) is -0.254. The van der Waals surface area contributed by atoms with E-state index in [1.54, 1.807) is 0 Å². The lowest BCUT2D eigenvalue weighted by atomic mass is 10.0. The summed E-state index contributed by atoms with van der Waals surface area (Å²) < 4.78 is 5.58. The number of carbonyl (C=O) groups is 2. The zero-order chi connectivity index (χ0) is 14.3. The fourth-order valence-electron chi connectivity index (χ4n) is 2.15. The third-order valence-corrected chi connectivity index (χ3v) is 3.33. The van der Waals surface area contributed by atoms with Crippen LogP contribution in [0.3, 0.4) is 0 Å². The standard InChI is InChI=1S/C13H24N2O4/c1-10(5-3-6-11(16)17)15-12(18)14-9-13(2)7-4-8-19-13/h10H,3-9H2,1-2H3,(H,16,17)(H2,14,15,18). The summed E-state index contributed by atoms with van der Waals surface area (Å²) in [4.78, 5) is 22.0. The number of hydrogen-bond donors (Lipinski definition) is 3. The van der Waals surface area contributed by atoms with Gasteiger partial charge in [-0.1, -0.05) is 0 Å². The van der Waals surface area contributed by atoms with Crippen LogP contribution in [0.1, 0.15) is 46.0 Å². The maximum Gasteiger partial charge on any atom is 0.315 e. The molecule has 0 aromatic carbocycles. The molecular weight excluding hydrogens is 248 g/mol. The van der Waals surface area contributed by atoms with Gasteiger partial charge in [-0.25, -0.2) is 4.79 Å². The second-order valence-electron chi connectivity index (χ2n) is 5.42. The van der Waals surface area contributed by atoms with E-state index < -0.39 is 5.97 Å². The largest absolute Gasteiger partial charge is 0.481 e. The van der Waals surface area contributed by atoms with Gasteiger partial charge < -0.3 is 20.5 Å². The van der Waals surface area contributed by atoms with Gasteiger partial charge in [0.25, 0.3) is 0 Å². The minimum atomic E-state index is -0.803. The predicted molar refractivity (Wildman–Crippen MR) is 71.1 cm³/mol. The molecule has 1 heterocycles. The smallest absolute Gasteiger partial charge is 0.315 e. The number of rotatable bonds is 7. The fraction of sp³-hybridized carbons (Fsp3) is 0.846. The highest BCUT2D eigenvalue weighted by Crippen LogP contribution is 2.23. The van der Waals surface area contributed by atoms with Crippen LogP contribution in [-0.4, -0.2) is 41.9 Å². The fourth-order valence-corrected chi connectivity index (χ4v) is 2.15. The summed E-state index contributed by atoms with van der Waals surface area (Å²) >= 11 is 0. The number of carbonyl (C=O) groups excluding carboxylic acids is 1. The highest BCUT2D eigenvalue weighted by atomic mass is 16.5. The van der Waals surface area contributed by atoms with Gasteiger partial charge in [0, 0.05) is 25.6 Å². The predicted octanol–water partition coefficient (Wildman–Crippen LogP) is 1.50. The van der Waals surface area contributed by atoms with E-state index in [2.05, 4.69) is 10.6 Å². The van der Waals surface area contributed by atoms with Crippen molar-refractivity contribution < 1.29 is 19.4 Å². The minimum Gasteiger partial charge on any atom is -0.481 e. The van der Waals surface area contributed by atoms with Crippen molar-refractivity contribution in [3.63, 3.8) is 0 Å². The summed E-state index contributed by atoms with van der Waals surface area (Å²) in [6.45, 7) is 5.12. The molecule has 1 aliphatic heterocycles. The summed E-state index contributed by atoms with van der Waals surface area (Å²) in [5, 5.41) is 14.1. The molecule has 2 atom stereocenters. The van der Waals surface area contributed by atoms with E-state index in [1.807, 2.05) is 13.8 Å². The molecule has 0 aromatic heterocycles. The van der Waals surface area contributed by atoms with Gasteiger partial charge in [-0.05, 0) is 39.5 Å². The Morgan fingerprint density at radius 1 is 1.47 bits per heavy atom. The Hall–Kier alpha value is -1.30. The molecule has 2 amide bonds. The summed E-state index contributed by atoms with van der Waals surface area (Å²) in [7, 11) is 0. The second kappa shape index (κ2) is 7.33. The average Bonchev–Trinajstić information content (AvgIpc) is 2.74. The highest BCUT2D eigenvalue weighted by molar-refractivity contribution is 5.74. The molecule has 0 aliphatic carbocycles. The zero-order valence-corrected chi connectivity index (χ0v) is 11.7. The molecule has 3 N–H and O–H groups in total. The third kappa shape index (κ3) is 6.42. The van der Waals surface area contributed by atoms with Crippen molar-refractivity contribution >= 4 is 12.0 Å². The lowest BCUT2D eigenvalue weighted by Gasteiger charge is -2.24. The number of hydrogen-bond acceptors (Lipinski definition) is 3. The third-order valence-electron chi connectivity index (χ3n) is 3.33. The van der Waals surface area contributed by atoms with E-state index in [1.165, 1.54) is 0 Å². The number of carboxylic acids is 1. The van der Waals surface area contributed by atoms with Crippen LogP contribution in [-0.2, 0) is 9.53 Å². The van der Waals surface area contributed by atoms with E-state index in [0.717, 1.165) is 19.4 Å². The van der Waals surface area contributed by atoms with Crippen molar-refractivity contribution in [3.05, 3.63) is 0 Å². The van der Waals surface area contributed by atoms with Crippen LogP contribution in [0.5, 0.6) is 0 Å². The van der Waals surface area contributed by atoms with Crippen molar-refractivity contribution in [2.24, 2.45) is 0 Å². The number of amides is 2. The Bertz CT molecular complexity index is 314. The lowest BCUT2D eigenvalue weighted by Crippen LogP contribution is -2.46. The molecule has 0 spiro atoms. The normalized spacial score (nSPS) is 23.9. The molecule has 0 bridgehead atoms. The molecule has 19 heavy (non-hydrogen) atoms. The molecule has 110 valence electrons. The van der Waals surface area contributed by atoms with Crippen LogP contribution in [0.2, 0.25) is 0 Å². The molecule has 0 radical (unpaired) electrons. The molecule has 1 saturated heterocycles. The van der Waals surface area contributed by atoms with Crippen molar-refractivity contribution in [1.29, 1.82) is 0 Å². The number of carboxylic acid groups (broad SMARTS) is 1. The van der Waals surface area contributed by atoms with E-state index in [-0.39, 0.29) is 24.1 Å². The molecular formula is C13H24N2O4. The number of ether oxygens (including phenoxy) is 1. The first-order valence-electron chi connectivity index (χ1n) is 6.81. The van der Waals surface area contributed by atoms with Gasteiger partial charge in [0.15, 0.2) is 0 Å². The van der Waals surface area contributed by atoms with Gasteiger partial charge in [0.05, 0.1) is 5.60 Å². The van der Waals surface area contributed by atoms with Crippen molar-refractivity contribution in [3.8, 4) is 0 Å². The van der Waals surface area contributed by atoms with Crippen molar-refractivity contribution in [1.82, 2.24) is 10.6 Å². The van der Waals surface area contributed by atoms with E-state index in [9.17, 15) is 9.59 Å². The molecule has 1 rings (SSSR count). The molecule has 6 nitrogen and oxygen atoms in total. The van der Waals surface area contributed by atoms with E-state index in [0.29, 0.717) is 19.4 Å². The number of aliphatic carboxylic acids is 1. The van der Waals surface area contributed by atoms with Gasteiger partial charge in [0.1, 0.15) is 0 Å². The SMILES string of the molecule is CC(CCCC(=O)O)NC(=O)NCC1(C)CCCO1. The van der Waals surface area contributed by atoms with E-state index in [4.69, 9.17) is 9.84 Å². The molecule has 1 aliphatic rings. The zero-order valence-electron chi connectivity index (χ0n) is 11.7. The summed E-state index contributed by atoms with van der Waals surface area (Å²) in [5.74, 6) is -0.803. The molecule has 0 aromatic rings. The molecule has 1 fully saturated rings. The van der Waals surface area contributed by atoms with Crippen LogP contribution in [0, 0.1) is 0 Å². The quantitative estimate of drug-likeness (QED) is 0.655. The highest BCUT2D eigenvalue weighted by Gasteiger charge is 2.30. The van der Waals surface area contributed by atoms with Crippen LogP contribution < -0.4 is 10.6 Å². The van der Waals surface area contributed by atoms with Crippen molar-refractivity contribution in [2.75, 3.05) is 13.2 Å². The molecule has 0 saturated carbocycles. The maximum atomic E-state index is 11.7. The Morgan fingerprint density at radius 2 is 2.21 bits per heavy atom. The van der Waals surface area contributed by atoms with Gasteiger partial charge >= 0.3 is 12.0 Å². The van der Waals surface area contributed by atoms with Gasteiger partial charge in [0.2, 0.25) is 0 Å². The topological polar surface area (TPSA) is 87.7 Å². The number of nitrogens with one attached hydrogen (secondary N) is 2. The lowest BCUT2D eigenvalue weighted by molar-refractivity contribution is -0.137. The van der Waals surface area contributed by atoms with Crippen LogP contribution in [0.25, 0.3) is 0 Å². The monoisotopic (exact) mass is 272 g/mol. The van der Waals surface area contributed by atoms with Gasteiger partial charge in [-0.3, -0.25) is 4.79 Å². The van der Waals surface area contributed by atoms with Crippen molar-refractivity contribution in [2.45, 2.75) is 57.6 Å². The molecule has 2 unspecified atom stereocenters. The summed E-state index contributed by atoms with van der Waals surface area (Å²) in [5.41, 5.74) is -0.246. The minimum absolute atomic E-state index is 0.0309. The Labute approximate surface area is 113 Å². The van der Waals surface area contributed by atoms with Gasteiger partial charge in [-0.15, -0.1) is 0 Å². The molecule has 6 heteroatoms. The van der Waals surface area contributed by atoms with Crippen LogP contribution in [0.4, 0.5) is 4.79 Å². The van der Waals surface area contributed by atoms with E-state index >= 15 is 0 Å². The Balaban J connectivity index is 2.14. The Morgan fingerprint density at radius 3 is 2.79 bits per heavy atom. The Kier molecular flexibility index (Phi) is 6.08. The average molecular weight is 272 g/mol. The second-order valence-corrected chi connectivity index (χ2v) is 5.42. The van der Waals surface area contributed by atoms with Crippen LogP contribution in [0.15, 0.2) is 0 Å². The number of urea groups is 1.